The number of hydrogen-bond donors (Lipinski definition) is 0. The summed E-state index contributed by atoms with van der Waals surface area (Å²) < 4.78 is 54.8. The van der Waals surface area contributed by atoms with Crippen molar-refractivity contribution in [3.63, 3.8) is 0 Å². The highest BCUT2D eigenvalue weighted by molar-refractivity contribution is 7.09. The number of ether oxygens (including phenoxy) is 2. The van der Waals surface area contributed by atoms with E-state index < -0.39 is 18.5 Å². The number of hydrogen-bond acceptors (Lipinski definition) is 5. The van der Waals surface area contributed by atoms with E-state index in [4.69, 9.17) is 44.3 Å². The Kier molecular flexibility index (Phi) is 8.50. The lowest BCUT2D eigenvalue weighted by Gasteiger charge is -2.14. The average molecular weight is 539 g/mol. The van der Waals surface area contributed by atoms with Crippen LogP contribution in [-0.2, 0) is 28.7 Å². The maximum Gasteiger partial charge on any atom is 0.434 e. The molecule has 1 aromatic heterocycles. The topological polar surface area (TPSA) is 48.4 Å². The van der Waals surface area contributed by atoms with Crippen LogP contribution in [0.4, 0.5) is 13.2 Å². The third-order valence-corrected chi connectivity index (χ3v) is 6.66. The number of halogens is 6. The summed E-state index contributed by atoms with van der Waals surface area (Å²) in [4.78, 5) is 11.9. The molecule has 0 saturated heterocycles. The van der Waals surface area contributed by atoms with Gasteiger partial charge in [-0.15, -0.1) is 0 Å². The molecule has 4 nitrogen and oxygen atoms in total. The lowest BCUT2D eigenvalue weighted by Crippen LogP contribution is -2.11. The van der Waals surface area contributed by atoms with Gasteiger partial charge in [0.25, 0.3) is 0 Å². The standard InChI is InChI=1S/C22H17Cl3F3NO3S/c1-2-31-17(30)10-6-12-5-9-16(19(25)18(12)24)32-11-15-20(13-3-7-14(23)8-4-13)33-29-21(15)22(26,27)28/h3-5,7-9H,2,6,10-11H2,1H3. The number of esters is 1. The van der Waals surface area contributed by atoms with Crippen LogP contribution in [-0.4, -0.2) is 16.9 Å². The molecule has 0 atom stereocenters. The summed E-state index contributed by atoms with van der Waals surface area (Å²) in [6.45, 7) is 1.55. The molecule has 176 valence electrons. The molecular weight excluding hydrogens is 522 g/mol. The van der Waals surface area contributed by atoms with E-state index in [1.807, 2.05) is 0 Å². The van der Waals surface area contributed by atoms with Gasteiger partial charge in [0.05, 0.1) is 16.5 Å². The minimum absolute atomic E-state index is 0.0443. The summed E-state index contributed by atoms with van der Waals surface area (Å²) in [5, 5.41) is 0.667. The molecule has 0 spiro atoms. The van der Waals surface area contributed by atoms with E-state index >= 15 is 0 Å². The van der Waals surface area contributed by atoms with E-state index in [0.29, 0.717) is 27.4 Å². The summed E-state index contributed by atoms with van der Waals surface area (Å²) >= 11 is 19.2. The van der Waals surface area contributed by atoms with Crippen molar-refractivity contribution in [2.24, 2.45) is 0 Å². The molecule has 0 N–H and O–H groups in total. The third-order valence-electron chi connectivity index (χ3n) is 4.57. The molecule has 0 aliphatic heterocycles. The first-order valence-electron chi connectivity index (χ1n) is 9.68. The quantitative estimate of drug-likeness (QED) is 0.274. The van der Waals surface area contributed by atoms with Crippen LogP contribution in [0.2, 0.25) is 15.1 Å². The van der Waals surface area contributed by atoms with Gasteiger partial charge in [-0.25, -0.2) is 0 Å². The van der Waals surface area contributed by atoms with Crippen molar-refractivity contribution in [2.75, 3.05) is 6.61 Å². The van der Waals surface area contributed by atoms with Gasteiger partial charge in [-0.05, 0) is 54.2 Å². The largest absolute Gasteiger partial charge is 0.487 e. The molecule has 0 aliphatic rings. The van der Waals surface area contributed by atoms with E-state index in [1.165, 1.54) is 6.07 Å². The van der Waals surface area contributed by atoms with E-state index in [1.54, 1.807) is 37.3 Å². The minimum Gasteiger partial charge on any atom is -0.487 e. The van der Waals surface area contributed by atoms with Crippen molar-refractivity contribution in [2.45, 2.75) is 32.5 Å². The maximum absolute atomic E-state index is 13.6. The lowest BCUT2D eigenvalue weighted by molar-refractivity contribution is -0.143. The average Bonchev–Trinajstić information content (AvgIpc) is 3.19. The van der Waals surface area contributed by atoms with Crippen molar-refractivity contribution in [1.29, 1.82) is 0 Å². The minimum atomic E-state index is -4.65. The fraction of sp³-hybridized carbons (Fsp3) is 0.273. The molecule has 0 saturated carbocycles. The number of alkyl halides is 3. The first kappa shape index (κ1) is 25.6. The molecule has 0 aliphatic carbocycles. The third kappa shape index (κ3) is 6.32. The fourth-order valence-electron chi connectivity index (χ4n) is 2.99. The molecule has 11 heteroatoms. The number of aryl methyl sites for hydroxylation is 1. The molecule has 0 unspecified atom stereocenters. The van der Waals surface area contributed by atoms with E-state index in [-0.39, 0.29) is 40.4 Å². The van der Waals surface area contributed by atoms with Gasteiger partial charge in [-0.1, -0.05) is 53.0 Å². The number of rotatable bonds is 8. The molecule has 1 heterocycles. The van der Waals surface area contributed by atoms with Gasteiger partial charge in [-0.3, -0.25) is 4.79 Å². The highest BCUT2D eigenvalue weighted by Crippen LogP contribution is 2.41. The van der Waals surface area contributed by atoms with Crippen LogP contribution in [0.5, 0.6) is 5.75 Å². The van der Waals surface area contributed by atoms with Crippen LogP contribution in [0, 0.1) is 0 Å². The summed E-state index contributed by atoms with van der Waals surface area (Å²) in [7, 11) is 0. The van der Waals surface area contributed by atoms with Crippen molar-refractivity contribution in [3.8, 4) is 16.2 Å². The van der Waals surface area contributed by atoms with E-state index in [9.17, 15) is 18.0 Å². The number of carbonyl (C=O) groups excluding carboxylic acids is 1. The Morgan fingerprint density at radius 3 is 2.39 bits per heavy atom. The molecule has 0 fully saturated rings. The highest BCUT2D eigenvalue weighted by atomic mass is 35.5. The van der Waals surface area contributed by atoms with Gasteiger partial charge >= 0.3 is 12.1 Å². The first-order chi connectivity index (χ1) is 15.6. The monoisotopic (exact) mass is 537 g/mol. The molecule has 0 bridgehead atoms. The Morgan fingerprint density at radius 2 is 1.76 bits per heavy atom. The Morgan fingerprint density at radius 1 is 1.06 bits per heavy atom. The summed E-state index contributed by atoms with van der Waals surface area (Å²) in [6.07, 6.45) is -4.24. The Hall–Kier alpha value is -2.00. The number of benzene rings is 2. The molecule has 0 amide bonds. The predicted molar refractivity (Wildman–Crippen MR) is 123 cm³/mol. The molecule has 0 radical (unpaired) electrons. The van der Waals surface area contributed by atoms with Gasteiger partial charge in [0.1, 0.15) is 17.4 Å². The van der Waals surface area contributed by atoms with Crippen LogP contribution < -0.4 is 4.74 Å². The Balaban J connectivity index is 1.84. The normalized spacial score (nSPS) is 11.5. The summed E-state index contributed by atoms with van der Waals surface area (Å²) in [5.41, 5.74) is -0.0133. The van der Waals surface area contributed by atoms with Crippen molar-refractivity contribution < 1.29 is 27.4 Å². The van der Waals surface area contributed by atoms with Crippen LogP contribution in [0.1, 0.15) is 30.2 Å². The SMILES string of the molecule is CCOC(=O)CCc1ccc(OCc2c(C(F)(F)F)nsc2-c2ccc(Cl)cc2)c(Cl)c1Cl. The summed E-state index contributed by atoms with van der Waals surface area (Å²) in [5.74, 6) is -0.257. The van der Waals surface area contributed by atoms with Gasteiger partial charge in [0.2, 0.25) is 0 Å². The van der Waals surface area contributed by atoms with Crippen LogP contribution in [0.3, 0.4) is 0 Å². The zero-order valence-electron chi connectivity index (χ0n) is 17.1. The van der Waals surface area contributed by atoms with Crippen molar-refractivity contribution in [1.82, 2.24) is 4.37 Å². The first-order valence-corrected chi connectivity index (χ1v) is 11.6. The highest BCUT2D eigenvalue weighted by Gasteiger charge is 2.38. The molecule has 3 aromatic rings. The second kappa shape index (κ2) is 11.0. The van der Waals surface area contributed by atoms with Gasteiger partial charge in [0, 0.05) is 17.0 Å². The molecule has 3 rings (SSSR count). The molecular formula is C22H17Cl3F3NO3S. The van der Waals surface area contributed by atoms with Crippen LogP contribution in [0.25, 0.3) is 10.4 Å². The van der Waals surface area contributed by atoms with Gasteiger partial charge < -0.3 is 9.47 Å². The smallest absolute Gasteiger partial charge is 0.434 e. The van der Waals surface area contributed by atoms with Gasteiger partial charge in [-0.2, -0.15) is 17.5 Å². The fourth-order valence-corrected chi connectivity index (χ4v) is 4.51. The maximum atomic E-state index is 13.6. The lowest BCUT2D eigenvalue weighted by atomic mass is 10.1. The van der Waals surface area contributed by atoms with Crippen LogP contribution >= 0.6 is 46.3 Å². The molecule has 2 aromatic carbocycles. The van der Waals surface area contributed by atoms with E-state index in [2.05, 4.69) is 4.37 Å². The van der Waals surface area contributed by atoms with Gasteiger partial charge in [0.15, 0.2) is 5.69 Å². The van der Waals surface area contributed by atoms with Crippen molar-refractivity contribution in [3.05, 3.63) is 68.3 Å². The second-order valence-electron chi connectivity index (χ2n) is 6.79. The predicted octanol–water partition coefficient (Wildman–Crippen LogP) is 7.86. The second-order valence-corrected chi connectivity index (χ2v) is 8.75. The molecule has 33 heavy (non-hydrogen) atoms. The number of nitrogens with zero attached hydrogens (tertiary/aromatic N) is 1. The Bertz CT molecular complexity index is 1130. The van der Waals surface area contributed by atoms with Crippen molar-refractivity contribution >= 4 is 52.3 Å². The number of carbonyl (C=O) groups is 1. The zero-order chi connectivity index (χ0) is 24.2. The summed E-state index contributed by atoms with van der Waals surface area (Å²) in [6, 6.07) is 9.51. The Labute approximate surface area is 207 Å². The van der Waals surface area contributed by atoms with Crippen LogP contribution in [0.15, 0.2) is 36.4 Å². The zero-order valence-corrected chi connectivity index (χ0v) is 20.2. The number of aromatic nitrogens is 1. The van der Waals surface area contributed by atoms with E-state index in [0.717, 1.165) is 11.5 Å².